The second kappa shape index (κ2) is 5.39. The molecule has 0 unspecified atom stereocenters. The van der Waals surface area contributed by atoms with Crippen molar-refractivity contribution in [3.63, 3.8) is 0 Å². The second-order valence-corrected chi connectivity index (χ2v) is 4.12. The van der Waals surface area contributed by atoms with Crippen molar-refractivity contribution in [1.29, 1.82) is 0 Å². The number of hydrogen-bond acceptors (Lipinski definition) is 4. The molecule has 2 rings (SSSR count). The number of furan rings is 1. The van der Waals surface area contributed by atoms with E-state index in [1.54, 1.807) is 44.2 Å². The van der Waals surface area contributed by atoms with Crippen LogP contribution in [-0.4, -0.2) is 17.2 Å². The quantitative estimate of drug-likeness (QED) is 0.655. The third-order valence-corrected chi connectivity index (χ3v) is 2.56. The molecule has 0 radical (unpaired) electrons. The molecule has 0 aliphatic carbocycles. The van der Waals surface area contributed by atoms with Crippen LogP contribution >= 0.6 is 0 Å². The lowest BCUT2D eigenvalue weighted by Crippen LogP contribution is -2.17. The van der Waals surface area contributed by atoms with Crippen LogP contribution in [0.25, 0.3) is 0 Å². The van der Waals surface area contributed by atoms with Crippen molar-refractivity contribution in [2.24, 2.45) is 5.10 Å². The zero-order valence-corrected chi connectivity index (χ0v) is 10.7. The maximum Gasteiger partial charge on any atom is 0.274 e. The number of phenolic OH excluding ortho intramolecular Hbond substituents is 1. The van der Waals surface area contributed by atoms with Gasteiger partial charge in [-0.3, -0.25) is 4.79 Å². The Hall–Kier alpha value is -2.56. The highest BCUT2D eigenvalue weighted by Gasteiger charge is 2.12. The van der Waals surface area contributed by atoms with E-state index in [1.165, 1.54) is 6.21 Å². The van der Waals surface area contributed by atoms with Crippen LogP contribution in [0.5, 0.6) is 5.75 Å². The van der Waals surface area contributed by atoms with Gasteiger partial charge in [0, 0.05) is 0 Å². The summed E-state index contributed by atoms with van der Waals surface area (Å²) in [7, 11) is 0. The molecule has 0 atom stereocenters. The number of nitrogens with zero attached hydrogens (tertiary/aromatic N) is 1. The van der Waals surface area contributed by atoms with Crippen molar-refractivity contribution >= 4 is 12.1 Å². The van der Waals surface area contributed by atoms with Crippen LogP contribution < -0.4 is 5.43 Å². The SMILES string of the molecule is Cc1cc(C(=O)N/N=C/c2ccc(O)cc2)c(C)o1. The second-order valence-electron chi connectivity index (χ2n) is 4.12. The third-order valence-electron chi connectivity index (χ3n) is 2.56. The molecule has 19 heavy (non-hydrogen) atoms. The molecular formula is C14H14N2O3. The molecule has 0 spiro atoms. The number of hydrazone groups is 1. The number of benzene rings is 1. The number of amides is 1. The van der Waals surface area contributed by atoms with Gasteiger partial charge in [-0.25, -0.2) is 5.43 Å². The molecule has 0 aliphatic heterocycles. The average molecular weight is 258 g/mol. The molecule has 1 aromatic heterocycles. The lowest BCUT2D eigenvalue weighted by molar-refractivity contribution is 0.0953. The fraction of sp³-hybridized carbons (Fsp3) is 0.143. The molecule has 1 amide bonds. The predicted molar refractivity (Wildman–Crippen MR) is 71.3 cm³/mol. The number of carbonyl (C=O) groups excluding carboxylic acids is 1. The van der Waals surface area contributed by atoms with E-state index >= 15 is 0 Å². The van der Waals surface area contributed by atoms with Crippen molar-refractivity contribution in [1.82, 2.24) is 5.43 Å². The van der Waals surface area contributed by atoms with Gasteiger partial charge in [0.05, 0.1) is 11.8 Å². The number of aromatic hydroxyl groups is 1. The van der Waals surface area contributed by atoms with E-state index in [2.05, 4.69) is 10.5 Å². The molecule has 2 N–H and O–H groups in total. The van der Waals surface area contributed by atoms with Gasteiger partial charge in [0.25, 0.3) is 5.91 Å². The maximum absolute atomic E-state index is 11.8. The van der Waals surface area contributed by atoms with Crippen molar-refractivity contribution < 1.29 is 14.3 Å². The summed E-state index contributed by atoms with van der Waals surface area (Å²) in [6.07, 6.45) is 1.50. The van der Waals surface area contributed by atoms with Gasteiger partial charge >= 0.3 is 0 Å². The molecule has 1 heterocycles. The van der Waals surface area contributed by atoms with Crippen LogP contribution in [-0.2, 0) is 0 Å². The highest BCUT2D eigenvalue weighted by Crippen LogP contribution is 2.13. The van der Waals surface area contributed by atoms with Gasteiger partial charge in [0.2, 0.25) is 0 Å². The average Bonchev–Trinajstić information content (AvgIpc) is 2.71. The first kappa shape index (κ1) is 12.9. The number of rotatable bonds is 3. The Morgan fingerprint density at radius 2 is 2.00 bits per heavy atom. The summed E-state index contributed by atoms with van der Waals surface area (Å²) >= 11 is 0. The lowest BCUT2D eigenvalue weighted by Gasteiger charge is -1.97. The van der Waals surface area contributed by atoms with Crippen LogP contribution in [0.3, 0.4) is 0 Å². The summed E-state index contributed by atoms with van der Waals surface area (Å²) in [4.78, 5) is 11.8. The first-order valence-corrected chi connectivity index (χ1v) is 5.76. The fourth-order valence-corrected chi connectivity index (χ4v) is 1.64. The Morgan fingerprint density at radius 3 is 2.58 bits per heavy atom. The Labute approximate surface area is 110 Å². The Kier molecular flexibility index (Phi) is 3.66. The predicted octanol–water partition coefficient (Wildman–Crippen LogP) is 2.37. The molecule has 0 saturated heterocycles. The van der Waals surface area contributed by atoms with Crippen LogP contribution in [0.4, 0.5) is 0 Å². The van der Waals surface area contributed by atoms with Gasteiger partial charge in [-0.2, -0.15) is 5.10 Å². The maximum atomic E-state index is 11.8. The first-order chi connectivity index (χ1) is 9.06. The number of aryl methyl sites for hydroxylation is 2. The highest BCUT2D eigenvalue weighted by molar-refractivity contribution is 5.95. The minimum atomic E-state index is -0.315. The molecule has 0 fully saturated rings. The minimum absolute atomic E-state index is 0.186. The zero-order chi connectivity index (χ0) is 13.8. The Morgan fingerprint density at radius 1 is 1.32 bits per heavy atom. The van der Waals surface area contributed by atoms with Crippen molar-refractivity contribution in [2.45, 2.75) is 13.8 Å². The van der Waals surface area contributed by atoms with Crippen LogP contribution in [0, 0.1) is 13.8 Å². The fourth-order valence-electron chi connectivity index (χ4n) is 1.64. The Balaban J connectivity index is 2.00. The molecule has 0 aliphatic rings. The van der Waals surface area contributed by atoms with Gasteiger partial charge in [-0.05, 0) is 49.7 Å². The Bertz CT molecular complexity index is 612. The molecule has 0 bridgehead atoms. The van der Waals surface area contributed by atoms with Crippen molar-refractivity contribution in [2.75, 3.05) is 0 Å². The van der Waals surface area contributed by atoms with Crippen molar-refractivity contribution in [3.05, 3.63) is 53.0 Å². The van der Waals surface area contributed by atoms with E-state index in [1.807, 2.05) is 0 Å². The van der Waals surface area contributed by atoms with Crippen LogP contribution in [0.2, 0.25) is 0 Å². The smallest absolute Gasteiger partial charge is 0.274 e. The molecule has 98 valence electrons. The largest absolute Gasteiger partial charge is 0.508 e. The van der Waals surface area contributed by atoms with Crippen LogP contribution in [0.1, 0.15) is 27.4 Å². The first-order valence-electron chi connectivity index (χ1n) is 5.76. The minimum Gasteiger partial charge on any atom is -0.508 e. The summed E-state index contributed by atoms with van der Waals surface area (Å²) in [6.45, 7) is 3.51. The van der Waals surface area contributed by atoms with E-state index in [9.17, 15) is 4.79 Å². The van der Waals surface area contributed by atoms with Crippen LogP contribution in [0.15, 0.2) is 39.9 Å². The standard InChI is InChI=1S/C14H14N2O3/c1-9-7-13(10(2)19-9)14(18)16-15-8-11-3-5-12(17)6-4-11/h3-8,17H,1-2H3,(H,16,18)/b15-8+. The number of carbonyl (C=O) groups is 1. The highest BCUT2D eigenvalue weighted by atomic mass is 16.3. The van der Waals surface area contributed by atoms with E-state index in [4.69, 9.17) is 9.52 Å². The van der Waals surface area contributed by atoms with Gasteiger partial charge in [-0.15, -0.1) is 0 Å². The number of hydrogen-bond donors (Lipinski definition) is 2. The molecule has 1 aromatic carbocycles. The number of phenols is 1. The van der Waals surface area contributed by atoms with Gasteiger partial charge in [0.15, 0.2) is 0 Å². The normalized spacial score (nSPS) is 10.8. The number of nitrogens with one attached hydrogen (secondary N) is 1. The van der Waals surface area contributed by atoms with Gasteiger partial charge < -0.3 is 9.52 Å². The summed E-state index contributed by atoms with van der Waals surface area (Å²) in [5.74, 6) is 1.12. The third kappa shape index (κ3) is 3.22. The van der Waals surface area contributed by atoms with Gasteiger partial charge in [-0.1, -0.05) is 0 Å². The van der Waals surface area contributed by atoms with E-state index in [-0.39, 0.29) is 11.7 Å². The summed E-state index contributed by atoms with van der Waals surface area (Å²) in [6, 6.07) is 8.15. The van der Waals surface area contributed by atoms with E-state index in [0.29, 0.717) is 17.1 Å². The summed E-state index contributed by atoms with van der Waals surface area (Å²) in [5.41, 5.74) is 3.67. The summed E-state index contributed by atoms with van der Waals surface area (Å²) in [5, 5.41) is 13.0. The molecule has 5 heteroatoms. The van der Waals surface area contributed by atoms with Crippen molar-refractivity contribution in [3.8, 4) is 5.75 Å². The van der Waals surface area contributed by atoms with E-state index < -0.39 is 0 Å². The van der Waals surface area contributed by atoms with E-state index in [0.717, 1.165) is 5.56 Å². The molecule has 0 saturated carbocycles. The zero-order valence-electron chi connectivity index (χ0n) is 10.7. The van der Waals surface area contributed by atoms with Gasteiger partial charge in [0.1, 0.15) is 17.3 Å². The monoisotopic (exact) mass is 258 g/mol. The molecule has 5 nitrogen and oxygen atoms in total. The molecular weight excluding hydrogens is 244 g/mol. The summed E-state index contributed by atoms with van der Waals surface area (Å²) < 4.78 is 5.27. The lowest BCUT2D eigenvalue weighted by atomic mass is 10.2. The topological polar surface area (TPSA) is 74.8 Å². The molecule has 2 aromatic rings.